The largest absolute Gasteiger partial charge is 0.369 e. The van der Waals surface area contributed by atoms with Crippen LogP contribution >= 0.6 is 11.3 Å². The number of nitrogens with zero attached hydrogens (tertiary/aromatic N) is 2. The van der Waals surface area contributed by atoms with Gasteiger partial charge in [0.05, 0.1) is 0 Å². The van der Waals surface area contributed by atoms with Crippen molar-refractivity contribution in [1.82, 2.24) is 4.90 Å². The van der Waals surface area contributed by atoms with Crippen LogP contribution < -0.4 is 4.90 Å². The van der Waals surface area contributed by atoms with Gasteiger partial charge in [-0.25, -0.2) is 0 Å². The topological polar surface area (TPSA) is 6.48 Å². The normalized spacial score (nSPS) is 16.8. The highest BCUT2D eigenvalue weighted by atomic mass is 32.1. The zero-order valence-electron chi connectivity index (χ0n) is 11.6. The molecule has 0 aliphatic carbocycles. The van der Waals surface area contributed by atoms with Crippen molar-refractivity contribution in [2.24, 2.45) is 0 Å². The second-order valence-corrected chi connectivity index (χ2v) is 6.05. The summed E-state index contributed by atoms with van der Waals surface area (Å²) in [6.07, 6.45) is 0. The molecule has 0 unspecified atom stereocenters. The summed E-state index contributed by atoms with van der Waals surface area (Å²) in [4.78, 5) is 4.88. The third-order valence-corrected chi connectivity index (χ3v) is 4.74. The SMILES string of the molecule is Cc1cscc1-c1cccc(N2CCN(C)CC2)c1. The lowest BCUT2D eigenvalue weighted by Gasteiger charge is -2.34. The van der Waals surface area contributed by atoms with E-state index < -0.39 is 0 Å². The van der Waals surface area contributed by atoms with E-state index >= 15 is 0 Å². The van der Waals surface area contributed by atoms with Crippen molar-refractivity contribution in [3.05, 3.63) is 40.6 Å². The number of thiophene rings is 1. The van der Waals surface area contributed by atoms with Gasteiger partial charge in [0, 0.05) is 31.9 Å². The molecule has 2 heterocycles. The Morgan fingerprint density at radius 1 is 1.05 bits per heavy atom. The van der Waals surface area contributed by atoms with Gasteiger partial charge in [-0.2, -0.15) is 11.3 Å². The van der Waals surface area contributed by atoms with Gasteiger partial charge in [0.1, 0.15) is 0 Å². The Kier molecular flexibility index (Phi) is 3.58. The maximum Gasteiger partial charge on any atom is 0.0373 e. The molecule has 0 spiro atoms. The smallest absolute Gasteiger partial charge is 0.0373 e. The Balaban J connectivity index is 1.86. The van der Waals surface area contributed by atoms with Crippen molar-refractivity contribution in [3.63, 3.8) is 0 Å². The molecule has 0 bridgehead atoms. The maximum atomic E-state index is 2.49. The molecular weight excluding hydrogens is 252 g/mol. The van der Waals surface area contributed by atoms with Crippen LogP contribution in [0, 0.1) is 6.92 Å². The molecule has 3 rings (SSSR count). The second kappa shape index (κ2) is 5.35. The highest BCUT2D eigenvalue weighted by Crippen LogP contribution is 2.29. The fraction of sp³-hybridized carbons (Fsp3) is 0.375. The highest BCUT2D eigenvalue weighted by Gasteiger charge is 2.14. The van der Waals surface area contributed by atoms with Crippen LogP contribution in [0.1, 0.15) is 5.56 Å². The standard InChI is InChI=1S/C16H20N2S/c1-13-11-19-12-16(13)14-4-3-5-15(10-14)18-8-6-17(2)7-9-18/h3-5,10-12H,6-9H2,1-2H3. The van der Waals surface area contributed by atoms with Crippen LogP contribution in [-0.4, -0.2) is 38.1 Å². The van der Waals surface area contributed by atoms with Gasteiger partial charge >= 0.3 is 0 Å². The molecule has 1 aliphatic rings. The van der Waals surface area contributed by atoms with E-state index in [-0.39, 0.29) is 0 Å². The first kappa shape index (κ1) is 12.7. The van der Waals surface area contributed by atoms with Gasteiger partial charge in [-0.15, -0.1) is 0 Å². The molecule has 2 aromatic rings. The number of aryl methyl sites for hydroxylation is 1. The van der Waals surface area contributed by atoms with Gasteiger partial charge < -0.3 is 9.80 Å². The zero-order valence-corrected chi connectivity index (χ0v) is 12.4. The minimum Gasteiger partial charge on any atom is -0.369 e. The van der Waals surface area contributed by atoms with Crippen LogP contribution in [0.3, 0.4) is 0 Å². The summed E-state index contributed by atoms with van der Waals surface area (Å²) < 4.78 is 0. The van der Waals surface area contributed by atoms with E-state index in [1.807, 2.05) is 0 Å². The summed E-state index contributed by atoms with van der Waals surface area (Å²) in [5.41, 5.74) is 5.45. The maximum absolute atomic E-state index is 2.49. The van der Waals surface area contributed by atoms with Crippen molar-refractivity contribution in [3.8, 4) is 11.1 Å². The lowest BCUT2D eigenvalue weighted by molar-refractivity contribution is 0.313. The monoisotopic (exact) mass is 272 g/mol. The molecule has 1 fully saturated rings. The second-order valence-electron chi connectivity index (χ2n) is 5.31. The molecule has 0 N–H and O–H groups in total. The predicted molar refractivity (Wildman–Crippen MR) is 84.2 cm³/mol. The summed E-state index contributed by atoms with van der Waals surface area (Å²) in [7, 11) is 2.20. The molecule has 0 amide bonds. The van der Waals surface area contributed by atoms with E-state index in [1.54, 1.807) is 11.3 Å². The molecule has 0 atom stereocenters. The molecular formula is C16H20N2S. The average Bonchev–Trinajstić information content (AvgIpc) is 2.86. The molecule has 1 saturated heterocycles. The van der Waals surface area contributed by atoms with Crippen molar-refractivity contribution < 1.29 is 0 Å². The van der Waals surface area contributed by atoms with E-state index in [2.05, 4.69) is 58.8 Å². The van der Waals surface area contributed by atoms with Gasteiger partial charge in [-0.3, -0.25) is 0 Å². The minimum absolute atomic E-state index is 1.13. The predicted octanol–water partition coefficient (Wildman–Crippen LogP) is 3.48. The molecule has 0 radical (unpaired) electrons. The number of piperazine rings is 1. The van der Waals surface area contributed by atoms with Gasteiger partial charge in [0.25, 0.3) is 0 Å². The average molecular weight is 272 g/mol. The molecule has 1 aromatic heterocycles. The van der Waals surface area contributed by atoms with Crippen LogP contribution in [0.25, 0.3) is 11.1 Å². The quantitative estimate of drug-likeness (QED) is 0.826. The van der Waals surface area contributed by atoms with Crippen molar-refractivity contribution >= 4 is 17.0 Å². The van der Waals surface area contributed by atoms with Crippen LogP contribution in [0.4, 0.5) is 5.69 Å². The van der Waals surface area contributed by atoms with E-state index in [0.717, 1.165) is 26.2 Å². The zero-order chi connectivity index (χ0) is 13.2. The fourth-order valence-corrected chi connectivity index (χ4v) is 3.45. The van der Waals surface area contributed by atoms with E-state index in [9.17, 15) is 0 Å². The lowest BCUT2D eigenvalue weighted by Crippen LogP contribution is -2.44. The van der Waals surface area contributed by atoms with Crippen molar-refractivity contribution in [2.75, 3.05) is 38.1 Å². The molecule has 1 aromatic carbocycles. The molecule has 2 nitrogen and oxygen atoms in total. The summed E-state index contributed by atoms with van der Waals surface area (Å²) in [6, 6.07) is 8.96. The number of rotatable bonds is 2. The fourth-order valence-electron chi connectivity index (χ4n) is 2.59. The summed E-state index contributed by atoms with van der Waals surface area (Å²) >= 11 is 1.78. The third kappa shape index (κ3) is 2.67. The van der Waals surface area contributed by atoms with E-state index in [1.165, 1.54) is 22.4 Å². The first-order valence-electron chi connectivity index (χ1n) is 6.81. The number of anilines is 1. The number of hydrogen-bond donors (Lipinski definition) is 0. The van der Waals surface area contributed by atoms with Crippen molar-refractivity contribution in [1.29, 1.82) is 0 Å². The van der Waals surface area contributed by atoms with Crippen LogP contribution in [0.2, 0.25) is 0 Å². The van der Waals surface area contributed by atoms with Gasteiger partial charge in [-0.1, -0.05) is 12.1 Å². The number of hydrogen-bond acceptors (Lipinski definition) is 3. The summed E-state index contributed by atoms with van der Waals surface area (Å²) in [5, 5.41) is 4.47. The van der Waals surface area contributed by atoms with E-state index in [4.69, 9.17) is 0 Å². The Bertz CT molecular complexity index is 553. The Morgan fingerprint density at radius 3 is 2.53 bits per heavy atom. The first-order chi connectivity index (χ1) is 9.24. The molecule has 3 heteroatoms. The third-order valence-electron chi connectivity index (χ3n) is 3.88. The van der Waals surface area contributed by atoms with Crippen LogP contribution in [0.5, 0.6) is 0 Å². The first-order valence-corrected chi connectivity index (χ1v) is 7.75. The number of benzene rings is 1. The van der Waals surface area contributed by atoms with E-state index in [0.29, 0.717) is 0 Å². The highest BCUT2D eigenvalue weighted by molar-refractivity contribution is 7.08. The van der Waals surface area contributed by atoms with Crippen LogP contribution in [-0.2, 0) is 0 Å². The number of likely N-dealkylation sites (N-methyl/N-ethyl adjacent to an activating group) is 1. The molecule has 100 valence electrons. The summed E-state index contributed by atoms with van der Waals surface area (Å²) in [6.45, 7) is 6.75. The van der Waals surface area contributed by atoms with Gasteiger partial charge in [0.2, 0.25) is 0 Å². The molecule has 0 saturated carbocycles. The Morgan fingerprint density at radius 2 is 1.84 bits per heavy atom. The minimum atomic E-state index is 1.13. The summed E-state index contributed by atoms with van der Waals surface area (Å²) in [5.74, 6) is 0. The van der Waals surface area contributed by atoms with Gasteiger partial charge in [-0.05, 0) is 53.6 Å². The molecule has 1 aliphatic heterocycles. The van der Waals surface area contributed by atoms with Gasteiger partial charge in [0.15, 0.2) is 0 Å². The Hall–Kier alpha value is -1.32. The molecule has 19 heavy (non-hydrogen) atoms. The lowest BCUT2D eigenvalue weighted by atomic mass is 10.0. The Labute approximate surface area is 119 Å². The van der Waals surface area contributed by atoms with Crippen LogP contribution in [0.15, 0.2) is 35.0 Å². The van der Waals surface area contributed by atoms with Crippen molar-refractivity contribution in [2.45, 2.75) is 6.92 Å².